The van der Waals surface area contributed by atoms with Gasteiger partial charge in [0.2, 0.25) is 0 Å². The lowest BCUT2D eigenvalue weighted by molar-refractivity contribution is 0.354. The van der Waals surface area contributed by atoms with Crippen LogP contribution in [-0.4, -0.2) is 28.1 Å². The van der Waals surface area contributed by atoms with Gasteiger partial charge in [-0.25, -0.2) is 4.98 Å². The predicted molar refractivity (Wildman–Crippen MR) is 112 cm³/mol. The van der Waals surface area contributed by atoms with E-state index in [4.69, 9.17) is 37.7 Å². The van der Waals surface area contributed by atoms with Crippen LogP contribution in [0.1, 0.15) is 17.8 Å². The first-order valence-corrected chi connectivity index (χ1v) is 9.30. The molecule has 27 heavy (non-hydrogen) atoms. The number of hydrogen-bond acceptors (Lipinski definition) is 3. The highest BCUT2D eigenvalue weighted by Gasteiger charge is 2.51. The third-order valence-electron chi connectivity index (χ3n) is 4.90. The molecule has 1 atom stereocenters. The molecule has 1 aromatic heterocycles. The standard InChI is InChI=1S/C20H20Cl2N2O2.ClH/c1-25-17-8-7-13(9-18(17)26-2)10-19-23-15-5-3-4-6-16(15)24(19)12-14-11-20(14,21)22;/h3-9,14H,10-12H2,1-2H3;1H. The number of halogens is 3. The molecule has 0 bridgehead atoms. The number of fused-ring (bicyclic) bond motifs is 1. The van der Waals surface area contributed by atoms with Crippen molar-refractivity contribution in [3.63, 3.8) is 0 Å². The molecule has 0 radical (unpaired) electrons. The number of benzene rings is 2. The van der Waals surface area contributed by atoms with E-state index in [9.17, 15) is 0 Å². The van der Waals surface area contributed by atoms with Crippen LogP contribution in [0.5, 0.6) is 11.5 Å². The molecule has 0 spiro atoms. The fourth-order valence-corrected chi connectivity index (χ4v) is 3.84. The summed E-state index contributed by atoms with van der Waals surface area (Å²) in [5, 5.41) is 0. The lowest BCUT2D eigenvalue weighted by Gasteiger charge is -2.12. The SMILES string of the molecule is COc1ccc(Cc2nc3ccccc3n2CC2CC2(Cl)Cl)cc1OC.Cl. The number of hydrogen-bond donors (Lipinski definition) is 0. The molecular weight excluding hydrogens is 407 g/mol. The fraction of sp³-hybridized carbons (Fsp3) is 0.350. The zero-order chi connectivity index (χ0) is 18.3. The third-order valence-corrected chi connectivity index (χ3v) is 5.83. The molecule has 3 aromatic rings. The molecule has 0 N–H and O–H groups in total. The number of imidazole rings is 1. The highest BCUT2D eigenvalue weighted by atomic mass is 35.5. The van der Waals surface area contributed by atoms with Crippen molar-refractivity contribution < 1.29 is 9.47 Å². The van der Waals surface area contributed by atoms with Crippen molar-refractivity contribution in [2.45, 2.75) is 23.7 Å². The minimum absolute atomic E-state index is 0. The molecule has 144 valence electrons. The van der Waals surface area contributed by atoms with E-state index < -0.39 is 4.33 Å². The largest absolute Gasteiger partial charge is 0.493 e. The Labute approximate surface area is 174 Å². The molecule has 1 heterocycles. The smallest absolute Gasteiger partial charge is 0.161 e. The van der Waals surface area contributed by atoms with Gasteiger partial charge in [0.1, 0.15) is 10.2 Å². The summed E-state index contributed by atoms with van der Waals surface area (Å²) in [7, 11) is 3.28. The topological polar surface area (TPSA) is 36.3 Å². The third kappa shape index (κ3) is 3.98. The Morgan fingerprint density at radius 1 is 1.11 bits per heavy atom. The van der Waals surface area contributed by atoms with Crippen molar-refractivity contribution in [3.8, 4) is 11.5 Å². The van der Waals surface area contributed by atoms with Gasteiger partial charge in [-0.1, -0.05) is 18.2 Å². The molecule has 4 nitrogen and oxygen atoms in total. The number of nitrogens with zero attached hydrogens (tertiary/aromatic N) is 2. The second-order valence-corrected chi connectivity index (χ2v) is 8.20. The normalized spacial score (nSPS) is 17.4. The van der Waals surface area contributed by atoms with E-state index >= 15 is 0 Å². The Morgan fingerprint density at radius 2 is 1.81 bits per heavy atom. The van der Waals surface area contributed by atoms with Crippen molar-refractivity contribution in [1.29, 1.82) is 0 Å². The average Bonchev–Trinajstić information content (AvgIpc) is 3.10. The van der Waals surface area contributed by atoms with Gasteiger partial charge in [0.05, 0.1) is 25.3 Å². The van der Waals surface area contributed by atoms with E-state index in [1.165, 1.54) is 0 Å². The van der Waals surface area contributed by atoms with E-state index in [1.54, 1.807) is 14.2 Å². The molecule has 1 aliphatic rings. The zero-order valence-corrected chi connectivity index (χ0v) is 17.4. The van der Waals surface area contributed by atoms with Crippen molar-refractivity contribution in [1.82, 2.24) is 9.55 Å². The van der Waals surface area contributed by atoms with Crippen LogP contribution in [0.2, 0.25) is 0 Å². The van der Waals surface area contributed by atoms with Crippen LogP contribution in [0.25, 0.3) is 11.0 Å². The maximum absolute atomic E-state index is 6.26. The van der Waals surface area contributed by atoms with Gasteiger partial charge >= 0.3 is 0 Å². The molecule has 0 amide bonds. The predicted octanol–water partition coefficient (Wildman–Crippen LogP) is 5.26. The highest BCUT2D eigenvalue weighted by molar-refractivity contribution is 6.50. The maximum Gasteiger partial charge on any atom is 0.161 e. The van der Waals surface area contributed by atoms with E-state index in [1.807, 2.05) is 36.4 Å². The number of rotatable bonds is 6. The molecule has 1 aliphatic carbocycles. The van der Waals surface area contributed by atoms with Gasteiger partial charge in [-0.2, -0.15) is 0 Å². The van der Waals surface area contributed by atoms with Crippen LogP contribution in [0.15, 0.2) is 42.5 Å². The van der Waals surface area contributed by atoms with E-state index in [0.717, 1.165) is 46.9 Å². The number of aromatic nitrogens is 2. The molecule has 0 saturated heterocycles. The van der Waals surface area contributed by atoms with Crippen molar-refractivity contribution in [2.75, 3.05) is 14.2 Å². The summed E-state index contributed by atoms with van der Waals surface area (Å²) in [5.74, 6) is 2.69. The van der Waals surface area contributed by atoms with Crippen molar-refractivity contribution in [2.24, 2.45) is 5.92 Å². The zero-order valence-electron chi connectivity index (χ0n) is 15.1. The van der Waals surface area contributed by atoms with Gasteiger partial charge in [0.15, 0.2) is 11.5 Å². The van der Waals surface area contributed by atoms with Crippen LogP contribution in [0, 0.1) is 5.92 Å². The first kappa shape index (κ1) is 20.1. The summed E-state index contributed by atoms with van der Waals surface area (Å²) in [4.78, 5) is 4.84. The van der Waals surface area contributed by atoms with Crippen LogP contribution in [-0.2, 0) is 13.0 Å². The second-order valence-electron chi connectivity index (χ2n) is 6.66. The minimum atomic E-state index is -0.605. The Hall–Kier alpha value is -1.62. The van der Waals surface area contributed by atoms with Gasteiger partial charge in [0.25, 0.3) is 0 Å². The van der Waals surface area contributed by atoms with E-state index in [2.05, 4.69) is 10.6 Å². The van der Waals surface area contributed by atoms with Gasteiger partial charge in [-0.05, 0) is 36.2 Å². The van der Waals surface area contributed by atoms with Crippen LogP contribution in [0.4, 0.5) is 0 Å². The number of ether oxygens (including phenoxy) is 2. The average molecular weight is 428 g/mol. The molecule has 0 aliphatic heterocycles. The quantitative estimate of drug-likeness (QED) is 0.503. The molecule has 1 fully saturated rings. The van der Waals surface area contributed by atoms with Gasteiger partial charge in [0, 0.05) is 18.9 Å². The monoisotopic (exact) mass is 426 g/mol. The maximum atomic E-state index is 6.26. The number of alkyl halides is 2. The Kier molecular flexibility index (Phi) is 5.80. The van der Waals surface area contributed by atoms with Gasteiger partial charge in [-0.15, -0.1) is 35.6 Å². The van der Waals surface area contributed by atoms with Gasteiger partial charge in [-0.3, -0.25) is 0 Å². The van der Waals surface area contributed by atoms with Gasteiger partial charge < -0.3 is 14.0 Å². The molecule has 4 rings (SSSR count). The summed E-state index contributed by atoms with van der Waals surface area (Å²) in [6.07, 6.45) is 1.51. The number of para-hydroxylation sites is 2. The molecule has 1 saturated carbocycles. The summed E-state index contributed by atoms with van der Waals surface area (Å²) in [6.45, 7) is 0.774. The lowest BCUT2D eigenvalue weighted by Crippen LogP contribution is -2.09. The van der Waals surface area contributed by atoms with E-state index in [0.29, 0.717) is 6.42 Å². The minimum Gasteiger partial charge on any atom is -0.493 e. The molecule has 1 unspecified atom stereocenters. The Morgan fingerprint density at radius 3 is 2.48 bits per heavy atom. The first-order valence-electron chi connectivity index (χ1n) is 8.54. The molecule has 2 aromatic carbocycles. The van der Waals surface area contributed by atoms with Crippen LogP contribution >= 0.6 is 35.6 Å². The van der Waals surface area contributed by atoms with Crippen molar-refractivity contribution >= 4 is 46.6 Å². The number of methoxy groups -OCH3 is 2. The molecular formula is C20H21Cl3N2O2. The summed E-state index contributed by atoms with van der Waals surface area (Å²) < 4.78 is 12.4. The second kappa shape index (κ2) is 7.78. The van der Waals surface area contributed by atoms with E-state index in [-0.39, 0.29) is 18.3 Å². The Bertz CT molecular complexity index is 956. The summed E-state index contributed by atoms with van der Waals surface area (Å²) in [5.41, 5.74) is 3.20. The van der Waals surface area contributed by atoms with Crippen LogP contribution in [0.3, 0.4) is 0 Å². The Balaban J connectivity index is 0.00000210. The lowest BCUT2D eigenvalue weighted by atomic mass is 10.1. The highest BCUT2D eigenvalue weighted by Crippen LogP contribution is 2.54. The fourth-order valence-electron chi connectivity index (χ4n) is 3.33. The van der Waals surface area contributed by atoms with Crippen molar-refractivity contribution in [3.05, 3.63) is 53.9 Å². The molecule has 7 heteroatoms. The first-order chi connectivity index (χ1) is 12.5. The summed E-state index contributed by atoms with van der Waals surface area (Å²) in [6, 6.07) is 14.1. The summed E-state index contributed by atoms with van der Waals surface area (Å²) >= 11 is 12.5. The van der Waals surface area contributed by atoms with Crippen LogP contribution < -0.4 is 9.47 Å².